The van der Waals surface area contributed by atoms with Crippen LogP contribution in [0.4, 0.5) is 0 Å². The van der Waals surface area contributed by atoms with Crippen LogP contribution in [0.3, 0.4) is 0 Å². The third-order valence-electron chi connectivity index (χ3n) is 7.65. The highest BCUT2D eigenvalue weighted by Crippen LogP contribution is 2.45. The maximum Gasteiger partial charge on any atom is 0.336 e. The normalized spacial score (nSPS) is 18.9. The van der Waals surface area contributed by atoms with Crippen LogP contribution in [0, 0.1) is 6.92 Å². The lowest BCUT2D eigenvalue weighted by Crippen LogP contribution is -2.37. The van der Waals surface area contributed by atoms with E-state index in [-0.39, 0.29) is 54.0 Å². The SMILES string of the molecule is COc1cccc(C2CC(=O)C3=C(C2)NC(C)=C(C(=O)OCCOC(C)C)C3c2coc3ccc(C)cc3c2=O)c1. The van der Waals surface area contributed by atoms with Crippen LogP contribution in [0.5, 0.6) is 5.75 Å². The van der Waals surface area contributed by atoms with E-state index >= 15 is 0 Å². The number of dihydropyridines is 1. The predicted molar refractivity (Wildman–Crippen MR) is 155 cm³/mol. The lowest BCUT2D eigenvalue weighted by Gasteiger charge is -2.36. The van der Waals surface area contributed by atoms with Gasteiger partial charge in [-0.2, -0.15) is 0 Å². The Balaban J connectivity index is 1.59. The van der Waals surface area contributed by atoms with Crippen LogP contribution in [0.1, 0.15) is 62.1 Å². The second-order valence-corrected chi connectivity index (χ2v) is 10.9. The second-order valence-electron chi connectivity index (χ2n) is 10.9. The number of hydrogen-bond donors (Lipinski definition) is 1. The number of ether oxygens (including phenoxy) is 3. The highest BCUT2D eigenvalue weighted by molar-refractivity contribution is 6.04. The molecule has 0 radical (unpaired) electrons. The predicted octanol–water partition coefficient (Wildman–Crippen LogP) is 5.44. The molecule has 3 aromatic rings. The average Bonchev–Trinajstić information content (AvgIpc) is 2.95. The molecule has 5 rings (SSSR count). The lowest BCUT2D eigenvalue weighted by atomic mass is 9.72. The number of nitrogens with one attached hydrogen (secondary N) is 1. The molecule has 0 saturated carbocycles. The fourth-order valence-electron chi connectivity index (χ4n) is 5.71. The number of Topliss-reactive ketones (excluding diaryl/α,β-unsaturated/α-hetero) is 1. The molecule has 2 atom stereocenters. The highest BCUT2D eigenvalue weighted by Gasteiger charge is 2.43. The molecule has 1 aromatic heterocycles. The van der Waals surface area contributed by atoms with Crippen LogP contribution in [-0.4, -0.2) is 38.2 Å². The Morgan fingerprint density at radius 1 is 1.07 bits per heavy atom. The molecule has 0 bridgehead atoms. The highest BCUT2D eigenvalue weighted by atomic mass is 16.6. The number of ketones is 1. The maximum absolute atomic E-state index is 13.9. The number of hydrogen-bond acceptors (Lipinski definition) is 8. The number of carbonyl (C=O) groups is 2. The molecule has 1 aliphatic carbocycles. The van der Waals surface area contributed by atoms with Gasteiger partial charge < -0.3 is 23.9 Å². The van der Waals surface area contributed by atoms with Gasteiger partial charge in [0.15, 0.2) is 11.2 Å². The number of aryl methyl sites for hydroxylation is 1. The minimum absolute atomic E-state index is 0.00505. The molecule has 41 heavy (non-hydrogen) atoms. The molecule has 2 aliphatic rings. The Kier molecular flexibility index (Phi) is 8.13. The van der Waals surface area contributed by atoms with E-state index in [2.05, 4.69) is 5.32 Å². The Morgan fingerprint density at radius 2 is 1.88 bits per heavy atom. The summed E-state index contributed by atoms with van der Waals surface area (Å²) in [5.74, 6) is -1.04. The molecule has 8 nitrogen and oxygen atoms in total. The van der Waals surface area contributed by atoms with Crippen molar-refractivity contribution >= 4 is 22.7 Å². The standard InChI is InChI=1S/C33H35NO7/c1-18(2)39-11-12-40-33(37)29-20(4)34-26-15-22(21-7-6-8-23(14-21)38-5)16-27(35)31(26)30(29)25-17-41-28-10-9-19(3)13-24(28)32(25)36/h6-10,13-14,17-18,22,30,34H,11-12,15-16H2,1-5H3. The number of fused-ring (bicyclic) bond motifs is 1. The molecule has 1 N–H and O–H groups in total. The summed E-state index contributed by atoms with van der Waals surface area (Å²) in [6, 6.07) is 13.1. The van der Waals surface area contributed by atoms with E-state index in [9.17, 15) is 14.4 Å². The van der Waals surface area contributed by atoms with Crippen molar-refractivity contribution in [2.75, 3.05) is 20.3 Å². The zero-order valence-corrected chi connectivity index (χ0v) is 24.0. The first-order valence-electron chi connectivity index (χ1n) is 13.9. The van der Waals surface area contributed by atoms with Crippen LogP contribution in [0.2, 0.25) is 0 Å². The van der Waals surface area contributed by atoms with Gasteiger partial charge in [-0.15, -0.1) is 0 Å². The van der Waals surface area contributed by atoms with Gasteiger partial charge in [0.25, 0.3) is 0 Å². The van der Waals surface area contributed by atoms with E-state index in [1.54, 1.807) is 26.2 Å². The van der Waals surface area contributed by atoms with E-state index in [1.807, 2.05) is 51.1 Å². The first-order chi connectivity index (χ1) is 19.7. The number of esters is 1. The van der Waals surface area contributed by atoms with E-state index in [0.29, 0.717) is 34.4 Å². The summed E-state index contributed by atoms with van der Waals surface area (Å²) in [5.41, 5.74) is 4.13. The number of allylic oxidation sites excluding steroid dienone is 3. The van der Waals surface area contributed by atoms with Gasteiger partial charge in [0, 0.05) is 29.0 Å². The van der Waals surface area contributed by atoms with Gasteiger partial charge >= 0.3 is 5.97 Å². The van der Waals surface area contributed by atoms with Crippen molar-refractivity contribution in [3.63, 3.8) is 0 Å². The van der Waals surface area contributed by atoms with Gasteiger partial charge in [-0.1, -0.05) is 23.8 Å². The first-order valence-corrected chi connectivity index (χ1v) is 13.9. The molecule has 214 valence electrons. The molecule has 1 aliphatic heterocycles. The molecular formula is C33H35NO7. The zero-order chi connectivity index (χ0) is 29.3. The van der Waals surface area contributed by atoms with Crippen molar-refractivity contribution in [1.29, 1.82) is 0 Å². The topological polar surface area (TPSA) is 104 Å². The summed E-state index contributed by atoms with van der Waals surface area (Å²) in [7, 11) is 1.61. The molecule has 0 saturated heterocycles. The number of benzene rings is 2. The average molecular weight is 558 g/mol. The summed E-state index contributed by atoms with van der Waals surface area (Å²) >= 11 is 0. The first kappa shape index (κ1) is 28.4. The minimum atomic E-state index is -0.926. The Bertz CT molecular complexity index is 1630. The third-order valence-corrected chi connectivity index (χ3v) is 7.65. The van der Waals surface area contributed by atoms with Crippen molar-refractivity contribution in [3.05, 3.63) is 98.2 Å². The molecule has 0 amide bonds. The van der Waals surface area contributed by atoms with Gasteiger partial charge in [-0.05, 0) is 69.9 Å². The summed E-state index contributed by atoms with van der Waals surface area (Å²) in [4.78, 5) is 41.4. The van der Waals surface area contributed by atoms with E-state index in [1.165, 1.54) is 6.26 Å². The van der Waals surface area contributed by atoms with Crippen LogP contribution in [0.15, 0.2) is 80.5 Å². The molecule has 8 heteroatoms. The molecule has 2 unspecified atom stereocenters. The van der Waals surface area contributed by atoms with E-state index < -0.39 is 11.9 Å². The summed E-state index contributed by atoms with van der Waals surface area (Å²) in [6.45, 7) is 7.75. The second kappa shape index (κ2) is 11.7. The van der Waals surface area contributed by atoms with Crippen LogP contribution in [-0.2, 0) is 19.1 Å². The quantitative estimate of drug-likeness (QED) is 0.289. The Hall–Kier alpha value is -4.17. The molecule has 0 fully saturated rings. The largest absolute Gasteiger partial charge is 0.497 e. The molecule has 0 spiro atoms. The van der Waals surface area contributed by atoms with Gasteiger partial charge in [0.05, 0.1) is 43.0 Å². The summed E-state index contributed by atoms with van der Waals surface area (Å²) in [5, 5.41) is 3.72. The third kappa shape index (κ3) is 5.70. The van der Waals surface area contributed by atoms with Gasteiger partial charge in [-0.25, -0.2) is 4.79 Å². The lowest BCUT2D eigenvalue weighted by molar-refractivity contribution is -0.141. The van der Waals surface area contributed by atoms with E-state index in [0.717, 1.165) is 16.9 Å². The van der Waals surface area contributed by atoms with Crippen molar-refractivity contribution < 1.29 is 28.2 Å². The summed E-state index contributed by atoms with van der Waals surface area (Å²) in [6.07, 6.45) is 2.13. The molecule has 2 aromatic carbocycles. The van der Waals surface area contributed by atoms with Gasteiger partial charge in [0.2, 0.25) is 0 Å². The van der Waals surface area contributed by atoms with Crippen LogP contribution < -0.4 is 15.5 Å². The monoisotopic (exact) mass is 557 g/mol. The number of rotatable bonds is 8. The molecular weight excluding hydrogens is 522 g/mol. The Labute approximate surface area is 239 Å². The van der Waals surface area contributed by atoms with Crippen molar-refractivity contribution in [3.8, 4) is 5.75 Å². The fourth-order valence-corrected chi connectivity index (χ4v) is 5.71. The maximum atomic E-state index is 13.9. The zero-order valence-electron chi connectivity index (χ0n) is 24.0. The Morgan fingerprint density at radius 3 is 2.63 bits per heavy atom. The van der Waals surface area contributed by atoms with Gasteiger partial charge in [0.1, 0.15) is 17.9 Å². The van der Waals surface area contributed by atoms with E-state index in [4.69, 9.17) is 18.6 Å². The van der Waals surface area contributed by atoms with Crippen molar-refractivity contribution in [2.45, 2.75) is 58.5 Å². The summed E-state index contributed by atoms with van der Waals surface area (Å²) < 4.78 is 22.4. The van der Waals surface area contributed by atoms with Crippen LogP contribution >= 0.6 is 0 Å². The molecule has 2 heterocycles. The van der Waals surface area contributed by atoms with Crippen molar-refractivity contribution in [2.24, 2.45) is 0 Å². The fraction of sp³-hybridized carbons (Fsp3) is 0.364. The number of methoxy groups -OCH3 is 1. The van der Waals surface area contributed by atoms with Crippen LogP contribution in [0.25, 0.3) is 11.0 Å². The van der Waals surface area contributed by atoms with Crippen molar-refractivity contribution in [1.82, 2.24) is 5.32 Å². The number of carbonyl (C=O) groups excluding carboxylic acids is 2. The van der Waals surface area contributed by atoms with Gasteiger partial charge in [-0.3, -0.25) is 9.59 Å². The minimum Gasteiger partial charge on any atom is -0.497 e. The smallest absolute Gasteiger partial charge is 0.336 e.